The third-order valence-electron chi connectivity index (χ3n) is 6.13. The first-order valence-corrected chi connectivity index (χ1v) is 10.8. The second-order valence-electron chi connectivity index (χ2n) is 7.89. The Labute approximate surface area is 186 Å². The quantitative estimate of drug-likeness (QED) is 0.608. The first-order valence-electron chi connectivity index (χ1n) is 10.8. The van der Waals surface area contributed by atoms with Crippen LogP contribution < -0.4 is 4.74 Å². The summed E-state index contributed by atoms with van der Waals surface area (Å²) < 4.78 is 11.0. The van der Waals surface area contributed by atoms with Crippen LogP contribution in [0.25, 0.3) is 16.5 Å². The Bertz CT molecular complexity index is 1210. The number of aromatic nitrogens is 1. The molecule has 32 heavy (non-hydrogen) atoms. The highest BCUT2D eigenvalue weighted by Gasteiger charge is 2.42. The molecular weight excluding hydrogens is 406 g/mol. The molecular formula is C25H25N3O4. The number of ether oxygens (including phenoxy) is 2. The molecule has 3 aromatic rings. The van der Waals surface area contributed by atoms with Crippen molar-refractivity contribution in [2.75, 3.05) is 40.0 Å². The number of benzene rings is 2. The largest absolute Gasteiger partial charge is 0.496 e. The fraction of sp³-hybridized carbons (Fsp3) is 0.280. The maximum atomic E-state index is 13.6. The third-order valence-corrected chi connectivity index (χ3v) is 6.13. The molecule has 2 aliphatic heterocycles. The van der Waals surface area contributed by atoms with Gasteiger partial charge in [-0.1, -0.05) is 36.4 Å². The maximum absolute atomic E-state index is 13.6. The maximum Gasteiger partial charge on any atom is 0.277 e. The van der Waals surface area contributed by atoms with Gasteiger partial charge in [-0.3, -0.25) is 14.5 Å². The second-order valence-corrected chi connectivity index (χ2v) is 7.89. The number of para-hydroxylation sites is 2. The van der Waals surface area contributed by atoms with Crippen molar-refractivity contribution in [1.82, 2.24) is 14.8 Å². The van der Waals surface area contributed by atoms with Crippen molar-refractivity contribution in [3.8, 4) is 5.75 Å². The van der Waals surface area contributed by atoms with Crippen LogP contribution in [0.5, 0.6) is 5.75 Å². The number of morpholine rings is 1. The van der Waals surface area contributed by atoms with Crippen molar-refractivity contribution >= 4 is 28.3 Å². The van der Waals surface area contributed by atoms with Gasteiger partial charge in [-0.05, 0) is 24.1 Å². The zero-order valence-electron chi connectivity index (χ0n) is 18.0. The van der Waals surface area contributed by atoms with Gasteiger partial charge in [-0.25, -0.2) is 0 Å². The molecule has 7 nitrogen and oxygen atoms in total. The lowest BCUT2D eigenvalue weighted by Gasteiger charge is -2.29. The van der Waals surface area contributed by atoms with E-state index in [-0.39, 0.29) is 11.8 Å². The van der Waals surface area contributed by atoms with Crippen molar-refractivity contribution in [2.45, 2.75) is 6.42 Å². The van der Waals surface area contributed by atoms with Gasteiger partial charge >= 0.3 is 0 Å². The monoisotopic (exact) mass is 431 g/mol. The summed E-state index contributed by atoms with van der Waals surface area (Å²) in [6.07, 6.45) is 2.53. The normalized spacial score (nSPS) is 17.0. The van der Waals surface area contributed by atoms with E-state index < -0.39 is 0 Å². The summed E-state index contributed by atoms with van der Waals surface area (Å²) in [6, 6.07) is 15.4. The molecule has 0 atom stereocenters. The minimum absolute atomic E-state index is 0.252. The number of fused-ring (bicyclic) bond motifs is 1. The van der Waals surface area contributed by atoms with Crippen molar-refractivity contribution in [3.05, 3.63) is 71.6 Å². The average Bonchev–Trinajstić information content (AvgIpc) is 3.36. The zero-order valence-corrected chi connectivity index (χ0v) is 18.0. The van der Waals surface area contributed by atoms with E-state index in [1.54, 1.807) is 7.11 Å². The molecule has 3 heterocycles. The van der Waals surface area contributed by atoms with E-state index in [1.807, 2.05) is 59.6 Å². The number of nitrogens with zero attached hydrogens (tertiary/aromatic N) is 2. The number of aromatic amines is 1. The number of imide groups is 1. The summed E-state index contributed by atoms with van der Waals surface area (Å²) in [5, 5.41) is 1.11. The van der Waals surface area contributed by atoms with Crippen LogP contribution >= 0.6 is 0 Å². The molecule has 164 valence electrons. The fourth-order valence-electron chi connectivity index (χ4n) is 4.51. The van der Waals surface area contributed by atoms with E-state index in [0.29, 0.717) is 61.9 Å². The highest BCUT2D eigenvalue weighted by atomic mass is 16.5. The first kappa shape index (κ1) is 20.3. The van der Waals surface area contributed by atoms with Crippen LogP contribution in [0, 0.1) is 0 Å². The van der Waals surface area contributed by atoms with Gasteiger partial charge in [0.2, 0.25) is 0 Å². The Morgan fingerprint density at radius 3 is 2.56 bits per heavy atom. The van der Waals surface area contributed by atoms with Crippen molar-refractivity contribution < 1.29 is 19.1 Å². The predicted octanol–water partition coefficient (Wildman–Crippen LogP) is 2.83. The lowest BCUT2D eigenvalue weighted by Crippen LogP contribution is -2.40. The topological polar surface area (TPSA) is 74.9 Å². The molecule has 0 unspecified atom stereocenters. The molecule has 7 heteroatoms. The van der Waals surface area contributed by atoms with Gasteiger partial charge in [0.25, 0.3) is 11.8 Å². The number of hydrogen-bond acceptors (Lipinski definition) is 5. The lowest BCUT2D eigenvalue weighted by molar-refractivity contribution is -0.137. The Morgan fingerprint density at radius 1 is 1.00 bits per heavy atom. The Kier molecular flexibility index (Phi) is 5.41. The molecule has 1 N–H and O–H groups in total. The van der Waals surface area contributed by atoms with Crippen LogP contribution in [-0.2, 0) is 20.7 Å². The number of methoxy groups -OCH3 is 1. The molecule has 0 spiro atoms. The SMILES string of the molecule is COc1ccccc1C1=C(N2CCOCC2)C(=O)N(CCc2c[nH]c3ccccc23)C1=O. The number of rotatable bonds is 6. The van der Waals surface area contributed by atoms with Crippen molar-refractivity contribution in [1.29, 1.82) is 0 Å². The van der Waals surface area contributed by atoms with Crippen LogP contribution in [0.2, 0.25) is 0 Å². The Hall–Kier alpha value is -3.58. The lowest BCUT2D eigenvalue weighted by atomic mass is 10.0. The van der Waals surface area contributed by atoms with Gasteiger partial charge in [0.05, 0.1) is 25.9 Å². The van der Waals surface area contributed by atoms with Crippen LogP contribution in [0.3, 0.4) is 0 Å². The van der Waals surface area contributed by atoms with Crippen molar-refractivity contribution in [3.63, 3.8) is 0 Å². The molecule has 1 saturated heterocycles. The summed E-state index contributed by atoms with van der Waals surface area (Å²) in [6.45, 7) is 2.51. The summed E-state index contributed by atoms with van der Waals surface area (Å²) in [5.74, 6) is 0.0476. The number of hydrogen-bond donors (Lipinski definition) is 1. The molecule has 5 rings (SSSR count). The minimum atomic E-state index is -0.277. The van der Waals surface area contributed by atoms with Gasteiger partial charge in [0, 0.05) is 42.3 Å². The van der Waals surface area contributed by atoms with Gasteiger partial charge in [-0.2, -0.15) is 0 Å². The zero-order chi connectivity index (χ0) is 22.1. The van der Waals surface area contributed by atoms with Crippen molar-refractivity contribution in [2.24, 2.45) is 0 Å². The van der Waals surface area contributed by atoms with Gasteiger partial charge < -0.3 is 19.4 Å². The third kappa shape index (κ3) is 3.44. The standard InChI is InChI=1S/C25H25N3O4/c1-31-21-9-5-3-7-19(21)22-23(27-12-14-32-15-13-27)25(30)28(24(22)29)11-10-17-16-26-20-8-4-2-6-18(17)20/h2-9,16,26H,10-15H2,1H3. The van der Waals surface area contributed by atoms with Crippen LogP contribution in [0.1, 0.15) is 11.1 Å². The Balaban J connectivity index is 1.49. The van der Waals surface area contributed by atoms with E-state index in [2.05, 4.69) is 4.98 Å². The number of nitrogens with one attached hydrogen (secondary N) is 1. The summed E-state index contributed by atoms with van der Waals surface area (Å²) >= 11 is 0. The number of carbonyl (C=O) groups excluding carboxylic acids is 2. The second kappa shape index (κ2) is 8.51. The van der Waals surface area contributed by atoms with Gasteiger partial charge in [0.15, 0.2) is 0 Å². The minimum Gasteiger partial charge on any atom is -0.496 e. The van der Waals surface area contributed by atoms with Gasteiger partial charge in [-0.15, -0.1) is 0 Å². The molecule has 1 fully saturated rings. The number of H-pyrrole nitrogens is 1. The molecule has 1 aromatic heterocycles. The molecule has 0 aliphatic carbocycles. The smallest absolute Gasteiger partial charge is 0.277 e. The molecule has 2 amide bonds. The highest BCUT2D eigenvalue weighted by molar-refractivity contribution is 6.36. The highest BCUT2D eigenvalue weighted by Crippen LogP contribution is 2.36. The van der Waals surface area contributed by atoms with E-state index in [1.165, 1.54) is 4.90 Å². The molecule has 0 radical (unpaired) electrons. The molecule has 0 bridgehead atoms. The molecule has 2 aliphatic rings. The van der Waals surface area contributed by atoms with Crippen LogP contribution in [0.15, 0.2) is 60.4 Å². The summed E-state index contributed by atoms with van der Waals surface area (Å²) in [7, 11) is 1.57. The number of carbonyl (C=O) groups is 2. The van der Waals surface area contributed by atoms with E-state index in [0.717, 1.165) is 16.5 Å². The fourth-order valence-corrected chi connectivity index (χ4v) is 4.51. The van der Waals surface area contributed by atoms with Crippen LogP contribution in [-0.4, -0.2) is 66.6 Å². The van der Waals surface area contributed by atoms with E-state index in [4.69, 9.17) is 9.47 Å². The summed E-state index contributed by atoms with van der Waals surface area (Å²) in [5.41, 5.74) is 3.63. The first-order chi connectivity index (χ1) is 15.7. The molecule has 0 saturated carbocycles. The number of amides is 2. The van der Waals surface area contributed by atoms with Gasteiger partial charge in [0.1, 0.15) is 11.4 Å². The predicted molar refractivity (Wildman–Crippen MR) is 121 cm³/mol. The molecule has 2 aromatic carbocycles. The van der Waals surface area contributed by atoms with E-state index >= 15 is 0 Å². The van der Waals surface area contributed by atoms with E-state index in [9.17, 15) is 9.59 Å². The Morgan fingerprint density at radius 2 is 1.75 bits per heavy atom. The average molecular weight is 431 g/mol. The summed E-state index contributed by atoms with van der Waals surface area (Å²) in [4.78, 5) is 33.7. The van der Waals surface area contributed by atoms with Crippen LogP contribution in [0.4, 0.5) is 0 Å².